The van der Waals surface area contributed by atoms with Crippen LogP contribution < -0.4 is 0 Å². The van der Waals surface area contributed by atoms with Crippen molar-refractivity contribution < 1.29 is 8.37 Å². The van der Waals surface area contributed by atoms with Crippen LogP contribution in [0.3, 0.4) is 0 Å². The van der Waals surface area contributed by atoms with Gasteiger partial charge in [0.05, 0.1) is 23.6 Å². The van der Waals surface area contributed by atoms with Crippen molar-refractivity contribution >= 4 is 18.6 Å². The van der Waals surface area contributed by atoms with E-state index in [1.807, 2.05) is 0 Å². The van der Waals surface area contributed by atoms with Crippen molar-refractivity contribution in [1.29, 1.82) is 0 Å². The first-order chi connectivity index (χ1) is 5.04. The molecule has 0 rings (SSSR count). The molecule has 0 heterocycles. The van der Waals surface area contributed by atoms with Crippen LogP contribution >= 0.6 is 9.17 Å². The summed E-state index contributed by atoms with van der Waals surface area (Å²) in [5, 5.41) is 0. The van der Waals surface area contributed by atoms with Crippen molar-refractivity contribution in [2.24, 2.45) is 0 Å². The van der Waals surface area contributed by atoms with Crippen molar-refractivity contribution in [3.63, 3.8) is 0 Å². The predicted molar refractivity (Wildman–Crippen MR) is 58.6 cm³/mol. The largest absolute Gasteiger partial charge is 0.323 e. The Labute approximate surface area is 73.4 Å². The monoisotopic (exact) mass is 198 g/mol. The van der Waals surface area contributed by atoms with E-state index in [0.717, 1.165) is 27.3 Å². The summed E-state index contributed by atoms with van der Waals surface area (Å²) in [6.45, 7) is 4.36. The number of rotatable bonds is 5. The Morgan fingerprint density at radius 1 is 1.18 bits per heavy atom. The molecule has 2 nitrogen and oxygen atoms in total. The van der Waals surface area contributed by atoms with Gasteiger partial charge in [-0.25, -0.2) is 0 Å². The van der Waals surface area contributed by atoms with Crippen molar-refractivity contribution in [2.45, 2.75) is 20.3 Å². The molecule has 0 saturated carbocycles. The molecule has 0 aromatic carbocycles. The lowest BCUT2D eigenvalue weighted by molar-refractivity contribution is 0.339. The molecular weight excluding hydrogens is 176 g/mol. The van der Waals surface area contributed by atoms with Gasteiger partial charge in [0.1, 0.15) is 0 Å². The van der Waals surface area contributed by atoms with Crippen LogP contribution in [0.1, 0.15) is 20.3 Å². The molecule has 0 bridgehead atoms. The summed E-state index contributed by atoms with van der Waals surface area (Å²) in [4.78, 5) is 0. The molecule has 0 N–H and O–H groups in total. The van der Waals surface area contributed by atoms with E-state index in [4.69, 9.17) is 8.37 Å². The van der Waals surface area contributed by atoms with Crippen LogP contribution in [0.25, 0.3) is 0 Å². The lowest BCUT2D eigenvalue weighted by atomic mass is 10.6. The Morgan fingerprint density at radius 3 is 1.73 bits per heavy atom. The highest BCUT2D eigenvalue weighted by molar-refractivity contribution is 8.57. The predicted octanol–water partition coefficient (Wildman–Crippen LogP) is 0.892. The molecule has 0 spiro atoms. The second kappa shape index (κ2) is 3.94. The molecule has 4 heteroatoms. The maximum atomic E-state index is 5.63. The number of hydrogen-bond donors (Lipinski definition) is 1. The van der Waals surface area contributed by atoms with Crippen molar-refractivity contribution in [3.05, 3.63) is 0 Å². The Balaban J connectivity index is 4.44. The van der Waals surface area contributed by atoms with Crippen LogP contribution in [0.2, 0.25) is 0 Å². The third-order valence-corrected chi connectivity index (χ3v) is 13.3. The minimum atomic E-state index is -2.04. The first kappa shape index (κ1) is 11.5. The molecule has 0 fully saturated rings. The average molecular weight is 198 g/mol. The molecule has 0 aromatic heterocycles. The Kier molecular flexibility index (Phi) is 4.11. The molecule has 72 valence electrons. The minimum absolute atomic E-state index is 1.05. The van der Waals surface area contributed by atoms with Gasteiger partial charge < -0.3 is 17.5 Å². The standard InChI is InChI=1S/C7H22O2SSi/c1-5-7-10(11,6-2,8-3)9-4/h10H,5-7H2,1-4,11H3. The molecule has 0 unspecified atom stereocenters. The van der Waals surface area contributed by atoms with E-state index in [2.05, 4.69) is 13.8 Å². The van der Waals surface area contributed by atoms with E-state index in [1.54, 1.807) is 14.2 Å². The summed E-state index contributed by atoms with van der Waals surface area (Å²) in [6, 6.07) is 0. The fraction of sp³-hybridized carbons (Fsp3) is 1.00. The van der Waals surface area contributed by atoms with Gasteiger partial charge in [0.25, 0.3) is 0 Å². The molecule has 0 aliphatic rings. The molecule has 0 radical (unpaired) electrons. The molecule has 0 amide bonds. The molecule has 0 aliphatic carbocycles. The van der Waals surface area contributed by atoms with Crippen molar-refractivity contribution in [1.82, 2.24) is 0 Å². The summed E-state index contributed by atoms with van der Waals surface area (Å²) in [5.74, 6) is 2.19. The van der Waals surface area contributed by atoms with Gasteiger partial charge in [0.15, 0.2) is 0 Å². The SMILES string of the molecule is CCC[SH]([SiH3])(CC)(OC)OC. The van der Waals surface area contributed by atoms with Gasteiger partial charge in [-0.05, 0) is 12.2 Å². The van der Waals surface area contributed by atoms with Gasteiger partial charge in [-0.2, -0.15) is 0 Å². The van der Waals surface area contributed by atoms with Gasteiger partial charge in [-0.15, -0.1) is 0 Å². The van der Waals surface area contributed by atoms with E-state index >= 15 is 0 Å². The second-order valence-corrected chi connectivity index (χ2v) is 14.6. The maximum Gasteiger partial charge on any atom is 0.0940 e. The fourth-order valence-electron chi connectivity index (χ4n) is 1.24. The van der Waals surface area contributed by atoms with E-state index in [9.17, 15) is 0 Å². The van der Waals surface area contributed by atoms with Crippen LogP contribution in [-0.2, 0) is 8.37 Å². The molecular formula is C7H22O2SSi. The summed E-state index contributed by atoms with van der Waals surface area (Å²) < 4.78 is 11.3. The third kappa shape index (κ3) is 2.47. The lowest BCUT2D eigenvalue weighted by Gasteiger charge is -2.62. The molecule has 0 saturated heterocycles. The van der Waals surface area contributed by atoms with Crippen LogP contribution in [0.15, 0.2) is 0 Å². The third-order valence-electron chi connectivity index (χ3n) is 2.62. The molecule has 0 atom stereocenters. The minimum Gasteiger partial charge on any atom is -0.323 e. The number of thiol groups is 1. The number of hydrogen-bond acceptors (Lipinski definition) is 2. The smallest absolute Gasteiger partial charge is 0.0940 e. The van der Waals surface area contributed by atoms with E-state index in [-0.39, 0.29) is 0 Å². The van der Waals surface area contributed by atoms with E-state index in [0.29, 0.717) is 0 Å². The summed E-state index contributed by atoms with van der Waals surface area (Å²) in [6.07, 6.45) is 1.16. The zero-order valence-electron chi connectivity index (χ0n) is 8.39. The van der Waals surface area contributed by atoms with Crippen LogP contribution in [0.5, 0.6) is 0 Å². The van der Waals surface area contributed by atoms with Gasteiger partial charge in [-0.1, -0.05) is 13.8 Å². The molecule has 0 aromatic rings. The zero-order chi connectivity index (χ0) is 8.98. The fourth-order valence-corrected chi connectivity index (χ4v) is 5.05. The highest BCUT2D eigenvalue weighted by Crippen LogP contribution is 2.65. The van der Waals surface area contributed by atoms with E-state index in [1.165, 1.54) is 0 Å². The van der Waals surface area contributed by atoms with Gasteiger partial charge in [0.2, 0.25) is 0 Å². The summed E-state index contributed by atoms with van der Waals surface area (Å²) >= 11 is 0. The summed E-state index contributed by atoms with van der Waals surface area (Å²) in [7, 11) is 2.60. The van der Waals surface area contributed by atoms with Gasteiger partial charge in [0, 0.05) is 5.75 Å². The Hall–Kier alpha value is 0.487. The quantitative estimate of drug-likeness (QED) is 0.522. The second-order valence-electron chi connectivity index (χ2n) is 3.22. The highest BCUT2D eigenvalue weighted by Gasteiger charge is 2.25. The van der Waals surface area contributed by atoms with Crippen LogP contribution in [-0.4, -0.2) is 35.1 Å². The normalized spacial score (nSPS) is 16.2. The maximum absolute atomic E-state index is 5.63. The topological polar surface area (TPSA) is 18.5 Å². The first-order valence-corrected chi connectivity index (χ1v) is 9.75. The highest BCUT2D eigenvalue weighted by atomic mass is 32.5. The summed E-state index contributed by atoms with van der Waals surface area (Å²) in [5.41, 5.74) is 0. The zero-order valence-corrected chi connectivity index (χ0v) is 11.3. The Morgan fingerprint density at radius 2 is 1.64 bits per heavy atom. The van der Waals surface area contributed by atoms with Gasteiger partial charge in [-0.3, -0.25) is 0 Å². The van der Waals surface area contributed by atoms with Crippen molar-refractivity contribution in [3.8, 4) is 0 Å². The first-order valence-electron chi connectivity index (χ1n) is 4.18. The van der Waals surface area contributed by atoms with Gasteiger partial charge >= 0.3 is 0 Å². The molecule has 0 aliphatic heterocycles. The van der Waals surface area contributed by atoms with Crippen molar-refractivity contribution in [2.75, 3.05) is 25.7 Å². The van der Waals surface area contributed by atoms with E-state index < -0.39 is 9.17 Å². The average Bonchev–Trinajstić information content (AvgIpc) is 2.06. The molecule has 11 heavy (non-hydrogen) atoms. The lowest BCUT2D eigenvalue weighted by Crippen LogP contribution is -2.27. The van der Waals surface area contributed by atoms with Crippen LogP contribution in [0, 0.1) is 0 Å². The Bertz CT molecular complexity index is 115. The van der Waals surface area contributed by atoms with Crippen LogP contribution in [0.4, 0.5) is 0 Å².